The lowest BCUT2D eigenvalue weighted by atomic mass is 10.4. The highest BCUT2D eigenvalue weighted by atomic mass is 33.1. The minimum absolute atomic E-state index is 0.527. The SMILES string of the molecule is CO[Si](OC)C(C)CCSSCCC(C)[Si](OC)OC. The molecule has 2 unspecified atom stereocenters. The Bertz CT molecular complexity index is 198. The molecule has 0 amide bonds. The van der Waals surface area contributed by atoms with Crippen molar-refractivity contribution in [3.05, 3.63) is 0 Å². The third-order valence-electron chi connectivity index (χ3n) is 2.96. The molecule has 0 heterocycles. The zero-order valence-electron chi connectivity index (χ0n) is 13.4. The monoisotopic (exact) mass is 356 g/mol. The van der Waals surface area contributed by atoms with E-state index in [1.165, 1.54) is 0 Å². The van der Waals surface area contributed by atoms with E-state index in [1.807, 2.05) is 21.6 Å². The summed E-state index contributed by atoms with van der Waals surface area (Å²) in [5.41, 5.74) is 1.05. The first-order valence-electron chi connectivity index (χ1n) is 6.74. The topological polar surface area (TPSA) is 36.9 Å². The lowest BCUT2D eigenvalue weighted by Gasteiger charge is -2.17. The molecule has 0 saturated heterocycles. The zero-order chi connectivity index (χ0) is 15.4. The molecule has 2 radical (unpaired) electrons. The minimum Gasteiger partial charge on any atom is -0.397 e. The first-order valence-corrected chi connectivity index (χ1v) is 12.0. The quantitative estimate of drug-likeness (QED) is 0.286. The Morgan fingerprint density at radius 2 is 1.00 bits per heavy atom. The van der Waals surface area contributed by atoms with Crippen LogP contribution in [0.2, 0.25) is 11.1 Å². The van der Waals surface area contributed by atoms with Gasteiger partial charge in [0.25, 0.3) is 0 Å². The normalized spacial score (nSPS) is 15.0. The molecule has 0 fully saturated rings. The molecule has 0 aliphatic rings. The van der Waals surface area contributed by atoms with E-state index in [0.717, 1.165) is 24.3 Å². The molecule has 120 valence electrons. The van der Waals surface area contributed by atoms with E-state index in [9.17, 15) is 0 Å². The smallest absolute Gasteiger partial charge is 0.387 e. The van der Waals surface area contributed by atoms with Crippen LogP contribution in [-0.2, 0) is 17.7 Å². The second kappa shape index (κ2) is 13.6. The van der Waals surface area contributed by atoms with Gasteiger partial charge >= 0.3 is 18.6 Å². The van der Waals surface area contributed by atoms with Crippen LogP contribution in [0.3, 0.4) is 0 Å². The molecule has 0 aromatic carbocycles. The van der Waals surface area contributed by atoms with Crippen LogP contribution in [0.25, 0.3) is 0 Å². The van der Waals surface area contributed by atoms with Crippen LogP contribution in [0.4, 0.5) is 0 Å². The summed E-state index contributed by atoms with van der Waals surface area (Å²) in [7, 11) is 8.68. The summed E-state index contributed by atoms with van der Waals surface area (Å²) in [4.78, 5) is 0. The van der Waals surface area contributed by atoms with E-state index >= 15 is 0 Å². The summed E-state index contributed by atoms with van der Waals surface area (Å²) in [6.45, 7) is 4.42. The van der Waals surface area contributed by atoms with Crippen LogP contribution in [0.15, 0.2) is 0 Å². The van der Waals surface area contributed by atoms with Gasteiger partial charge < -0.3 is 17.7 Å². The molecule has 0 N–H and O–H groups in total. The second-order valence-corrected chi connectivity index (χ2v) is 12.1. The van der Waals surface area contributed by atoms with Crippen molar-refractivity contribution in [2.45, 2.75) is 37.8 Å². The van der Waals surface area contributed by atoms with Crippen molar-refractivity contribution in [1.82, 2.24) is 0 Å². The highest BCUT2D eigenvalue weighted by molar-refractivity contribution is 8.76. The van der Waals surface area contributed by atoms with Gasteiger partial charge in [-0.1, -0.05) is 35.4 Å². The van der Waals surface area contributed by atoms with Crippen molar-refractivity contribution < 1.29 is 17.7 Å². The lowest BCUT2D eigenvalue weighted by molar-refractivity contribution is 0.266. The molecule has 0 aliphatic heterocycles. The molecule has 0 bridgehead atoms. The van der Waals surface area contributed by atoms with Crippen molar-refractivity contribution in [2.75, 3.05) is 39.9 Å². The van der Waals surface area contributed by atoms with Crippen molar-refractivity contribution in [1.29, 1.82) is 0 Å². The zero-order valence-corrected chi connectivity index (χ0v) is 17.1. The third-order valence-corrected chi connectivity index (χ3v) is 9.23. The molecular formula is C12H28O4S2Si2. The van der Waals surface area contributed by atoms with Gasteiger partial charge in [0.05, 0.1) is 0 Å². The molecule has 20 heavy (non-hydrogen) atoms. The number of rotatable bonds is 13. The molecule has 0 aromatic rings. The fraction of sp³-hybridized carbons (Fsp3) is 1.00. The van der Waals surface area contributed by atoms with Gasteiger partial charge in [0.2, 0.25) is 0 Å². The molecule has 0 rings (SSSR count). The maximum absolute atomic E-state index is 5.36. The molecular weight excluding hydrogens is 328 g/mol. The van der Waals surface area contributed by atoms with Crippen molar-refractivity contribution >= 4 is 40.2 Å². The second-order valence-electron chi connectivity index (χ2n) is 4.48. The Kier molecular flexibility index (Phi) is 14.3. The van der Waals surface area contributed by atoms with Gasteiger partial charge in [-0.05, 0) is 12.8 Å². The summed E-state index contributed by atoms with van der Waals surface area (Å²) in [6, 6.07) is 0. The maximum atomic E-state index is 5.36. The van der Waals surface area contributed by atoms with Crippen LogP contribution in [0.5, 0.6) is 0 Å². The summed E-state index contributed by atoms with van der Waals surface area (Å²) in [5, 5.41) is 0. The summed E-state index contributed by atoms with van der Waals surface area (Å²) in [6.07, 6.45) is 2.29. The highest BCUT2D eigenvalue weighted by Gasteiger charge is 2.22. The van der Waals surface area contributed by atoms with Crippen LogP contribution in [0, 0.1) is 0 Å². The van der Waals surface area contributed by atoms with Crippen LogP contribution in [0.1, 0.15) is 26.7 Å². The minimum atomic E-state index is -1.08. The lowest BCUT2D eigenvalue weighted by Crippen LogP contribution is -2.25. The van der Waals surface area contributed by atoms with Gasteiger partial charge in [-0.2, -0.15) is 0 Å². The largest absolute Gasteiger partial charge is 0.397 e. The Hall–Kier alpha value is 0.974. The van der Waals surface area contributed by atoms with Crippen LogP contribution < -0.4 is 0 Å². The fourth-order valence-electron chi connectivity index (χ4n) is 1.77. The molecule has 4 nitrogen and oxygen atoms in total. The van der Waals surface area contributed by atoms with E-state index < -0.39 is 18.6 Å². The summed E-state index contributed by atoms with van der Waals surface area (Å²) in [5.74, 6) is 2.29. The van der Waals surface area contributed by atoms with E-state index in [-0.39, 0.29) is 0 Å². The van der Waals surface area contributed by atoms with Gasteiger partial charge in [0.15, 0.2) is 0 Å². The van der Waals surface area contributed by atoms with Gasteiger partial charge in [0, 0.05) is 51.0 Å². The van der Waals surface area contributed by atoms with Gasteiger partial charge in [-0.15, -0.1) is 0 Å². The van der Waals surface area contributed by atoms with Gasteiger partial charge in [-0.25, -0.2) is 0 Å². The van der Waals surface area contributed by atoms with Crippen molar-refractivity contribution in [3.63, 3.8) is 0 Å². The van der Waals surface area contributed by atoms with Gasteiger partial charge in [-0.3, -0.25) is 0 Å². The predicted octanol–water partition coefficient (Wildman–Crippen LogP) is 3.49. The van der Waals surface area contributed by atoms with Crippen molar-refractivity contribution in [3.8, 4) is 0 Å². The summed E-state index contributed by atoms with van der Waals surface area (Å²) < 4.78 is 21.4. The Morgan fingerprint density at radius 3 is 1.25 bits per heavy atom. The fourth-order valence-corrected chi connectivity index (χ4v) is 7.32. The molecule has 0 aliphatic carbocycles. The molecule has 0 spiro atoms. The third kappa shape index (κ3) is 9.09. The Morgan fingerprint density at radius 1 is 0.700 bits per heavy atom. The van der Waals surface area contributed by atoms with Crippen LogP contribution >= 0.6 is 21.6 Å². The molecule has 0 aromatic heterocycles. The molecule has 2 atom stereocenters. The average Bonchev–Trinajstić information content (AvgIpc) is 2.45. The van der Waals surface area contributed by atoms with Crippen molar-refractivity contribution in [2.24, 2.45) is 0 Å². The van der Waals surface area contributed by atoms with Gasteiger partial charge in [0.1, 0.15) is 0 Å². The van der Waals surface area contributed by atoms with E-state index in [0.29, 0.717) is 11.1 Å². The first kappa shape index (κ1) is 21.0. The molecule has 8 heteroatoms. The molecule has 0 saturated carbocycles. The first-order chi connectivity index (χ1) is 9.60. The highest BCUT2D eigenvalue weighted by Crippen LogP contribution is 2.29. The standard InChI is InChI=1S/C12H28O4S2Si2/c1-11(19(13-3)14-4)7-9-17-18-10-8-12(2)20(15-5)16-6/h11-12H,7-10H2,1-6H3. The number of hydrogen-bond donors (Lipinski definition) is 0. The Balaban J connectivity index is 3.57. The Labute approximate surface area is 135 Å². The number of hydrogen-bond acceptors (Lipinski definition) is 6. The van der Waals surface area contributed by atoms with E-state index in [1.54, 1.807) is 28.4 Å². The average molecular weight is 357 g/mol. The predicted molar refractivity (Wildman–Crippen MR) is 92.5 cm³/mol. The van der Waals surface area contributed by atoms with E-state index in [4.69, 9.17) is 17.7 Å². The van der Waals surface area contributed by atoms with E-state index in [2.05, 4.69) is 13.8 Å². The maximum Gasteiger partial charge on any atom is 0.387 e. The summed E-state index contributed by atoms with van der Waals surface area (Å²) >= 11 is 0. The van der Waals surface area contributed by atoms with Crippen LogP contribution in [-0.4, -0.2) is 58.5 Å².